The Morgan fingerprint density at radius 3 is 2.91 bits per heavy atom. The third-order valence-electron chi connectivity index (χ3n) is 5.21. The van der Waals surface area contributed by atoms with Crippen LogP contribution in [0.5, 0.6) is 0 Å². The maximum Gasteiger partial charge on any atom is 0.242 e. The summed E-state index contributed by atoms with van der Waals surface area (Å²) in [5.41, 5.74) is 8.05. The molecule has 0 spiro atoms. The molecule has 1 aliphatic heterocycles. The van der Waals surface area contributed by atoms with Crippen molar-refractivity contribution >= 4 is 16.8 Å². The fourth-order valence-electron chi connectivity index (χ4n) is 3.95. The lowest BCUT2D eigenvalue weighted by molar-refractivity contribution is -0.137. The smallest absolute Gasteiger partial charge is 0.242 e. The lowest BCUT2D eigenvalue weighted by atomic mass is 9.88. The summed E-state index contributed by atoms with van der Waals surface area (Å²) in [5, 5.41) is 1.20. The Morgan fingerprint density at radius 2 is 2.13 bits per heavy atom. The van der Waals surface area contributed by atoms with Crippen LogP contribution in [-0.2, 0) is 11.3 Å². The summed E-state index contributed by atoms with van der Waals surface area (Å²) in [6.45, 7) is 6.25. The zero-order chi connectivity index (χ0) is 16.4. The Kier molecular flexibility index (Phi) is 4.71. The summed E-state index contributed by atoms with van der Waals surface area (Å²) in [5.74, 6) is 0.762. The number of piperidine rings is 1. The molecule has 124 valence electrons. The van der Waals surface area contributed by atoms with E-state index in [2.05, 4.69) is 41.5 Å². The van der Waals surface area contributed by atoms with Gasteiger partial charge in [0.2, 0.25) is 5.91 Å². The molecule has 1 saturated heterocycles. The Hall–Kier alpha value is -1.81. The molecule has 2 N–H and O–H groups in total. The molecule has 2 aromatic rings. The molecule has 0 radical (unpaired) electrons. The van der Waals surface area contributed by atoms with Crippen LogP contribution in [0.3, 0.4) is 0 Å². The van der Waals surface area contributed by atoms with Crippen molar-refractivity contribution in [1.82, 2.24) is 9.47 Å². The van der Waals surface area contributed by atoms with Crippen LogP contribution in [-0.4, -0.2) is 34.5 Å². The minimum Gasteiger partial charge on any atom is -0.338 e. The summed E-state index contributed by atoms with van der Waals surface area (Å²) >= 11 is 0. The molecule has 2 atom stereocenters. The number of amides is 1. The van der Waals surface area contributed by atoms with Gasteiger partial charge in [0.15, 0.2) is 0 Å². The maximum atomic E-state index is 13.0. The van der Waals surface area contributed by atoms with Gasteiger partial charge in [0.05, 0.1) is 0 Å². The van der Waals surface area contributed by atoms with E-state index in [0.29, 0.717) is 25.0 Å². The van der Waals surface area contributed by atoms with Gasteiger partial charge in [0.25, 0.3) is 0 Å². The number of carbonyl (C=O) groups is 1. The molecule has 3 rings (SSSR count). The quantitative estimate of drug-likeness (QED) is 0.943. The molecular formula is C19H27N3O. The first-order chi connectivity index (χ1) is 11.1. The van der Waals surface area contributed by atoms with E-state index in [1.807, 2.05) is 12.1 Å². The number of hydrogen-bond donors (Lipinski definition) is 1. The van der Waals surface area contributed by atoms with E-state index in [0.717, 1.165) is 30.6 Å². The predicted octanol–water partition coefficient (Wildman–Crippen LogP) is 2.93. The second-order valence-corrected chi connectivity index (χ2v) is 6.78. The average molecular weight is 313 g/mol. The van der Waals surface area contributed by atoms with Crippen LogP contribution in [0.25, 0.3) is 10.9 Å². The molecule has 1 aliphatic rings. The van der Waals surface area contributed by atoms with Crippen LogP contribution in [0.2, 0.25) is 0 Å². The first-order valence-corrected chi connectivity index (χ1v) is 8.66. The van der Waals surface area contributed by atoms with Crippen molar-refractivity contribution in [3.63, 3.8) is 0 Å². The molecule has 4 nitrogen and oxygen atoms in total. The maximum absolute atomic E-state index is 13.0. The summed E-state index contributed by atoms with van der Waals surface area (Å²) in [6, 6.07) is 10.7. The van der Waals surface area contributed by atoms with E-state index in [9.17, 15) is 4.79 Å². The highest BCUT2D eigenvalue weighted by Crippen LogP contribution is 2.26. The molecular weight excluding hydrogens is 286 g/mol. The minimum atomic E-state index is 0.222. The Balaban J connectivity index is 1.83. The average Bonchev–Trinajstić information content (AvgIpc) is 2.85. The zero-order valence-corrected chi connectivity index (χ0v) is 14.2. The molecule has 1 aromatic heterocycles. The SMILES string of the molecule is Cc1cc2ccccc2n1CC(=O)N1CCCC(C)C1CCN. The van der Waals surface area contributed by atoms with Gasteiger partial charge in [-0.25, -0.2) is 0 Å². The van der Waals surface area contributed by atoms with Gasteiger partial charge in [-0.1, -0.05) is 25.1 Å². The number of hydrogen-bond acceptors (Lipinski definition) is 2. The highest BCUT2D eigenvalue weighted by Gasteiger charge is 2.31. The van der Waals surface area contributed by atoms with Gasteiger partial charge in [-0.15, -0.1) is 0 Å². The van der Waals surface area contributed by atoms with E-state index in [4.69, 9.17) is 5.73 Å². The molecule has 0 saturated carbocycles. The molecule has 0 bridgehead atoms. The number of aryl methyl sites for hydroxylation is 1. The molecule has 1 aromatic carbocycles. The number of fused-ring (bicyclic) bond motifs is 1. The molecule has 1 amide bonds. The second kappa shape index (κ2) is 6.75. The van der Waals surface area contributed by atoms with Crippen molar-refractivity contribution in [1.29, 1.82) is 0 Å². The fraction of sp³-hybridized carbons (Fsp3) is 0.526. The van der Waals surface area contributed by atoms with Crippen molar-refractivity contribution < 1.29 is 4.79 Å². The van der Waals surface area contributed by atoms with Gasteiger partial charge in [-0.3, -0.25) is 4.79 Å². The molecule has 23 heavy (non-hydrogen) atoms. The van der Waals surface area contributed by atoms with Gasteiger partial charge in [-0.2, -0.15) is 0 Å². The Morgan fingerprint density at radius 1 is 1.35 bits per heavy atom. The van der Waals surface area contributed by atoms with Gasteiger partial charge >= 0.3 is 0 Å². The van der Waals surface area contributed by atoms with Gasteiger partial charge in [0, 0.05) is 23.8 Å². The van der Waals surface area contributed by atoms with E-state index < -0.39 is 0 Å². The number of carbonyl (C=O) groups excluding carboxylic acids is 1. The van der Waals surface area contributed by atoms with Gasteiger partial charge in [0.1, 0.15) is 6.54 Å². The van der Waals surface area contributed by atoms with Gasteiger partial charge < -0.3 is 15.2 Å². The fourth-order valence-corrected chi connectivity index (χ4v) is 3.95. The number of aromatic nitrogens is 1. The standard InChI is InChI=1S/C19H27N3O/c1-14-6-5-11-21(17(14)9-10-20)19(23)13-22-15(2)12-16-7-3-4-8-18(16)22/h3-4,7-8,12,14,17H,5-6,9-11,13,20H2,1-2H3. The summed E-state index contributed by atoms with van der Waals surface area (Å²) < 4.78 is 2.14. The highest BCUT2D eigenvalue weighted by atomic mass is 16.2. The normalized spacial score (nSPS) is 21.8. The first-order valence-electron chi connectivity index (χ1n) is 8.66. The monoisotopic (exact) mass is 313 g/mol. The number of rotatable bonds is 4. The van der Waals surface area contributed by atoms with Crippen molar-refractivity contribution in [2.75, 3.05) is 13.1 Å². The van der Waals surface area contributed by atoms with Crippen LogP contribution in [0.15, 0.2) is 30.3 Å². The number of nitrogens with two attached hydrogens (primary N) is 1. The summed E-state index contributed by atoms with van der Waals surface area (Å²) in [6.07, 6.45) is 3.19. The van der Waals surface area contributed by atoms with Crippen LogP contribution < -0.4 is 5.73 Å². The second-order valence-electron chi connectivity index (χ2n) is 6.78. The number of para-hydroxylation sites is 1. The highest BCUT2D eigenvalue weighted by molar-refractivity contribution is 5.84. The van der Waals surface area contributed by atoms with Crippen LogP contribution in [0, 0.1) is 12.8 Å². The lowest BCUT2D eigenvalue weighted by Gasteiger charge is -2.40. The molecule has 0 aliphatic carbocycles. The van der Waals surface area contributed by atoms with Crippen molar-refractivity contribution in [3.05, 3.63) is 36.0 Å². The van der Waals surface area contributed by atoms with Gasteiger partial charge in [-0.05, 0) is 56.2 Å². The van der Waals surface area contributed by atoms with Crippen molar-refractivity contribution in [3.8, 4) is 0 Å². The number of benzene rings is 1. The van der Waals surface area contributed by atoms with E-state index >= 15 is 0 Å². The Labute approximate surface area is 138 Å². The summed E-state index contributed by atoms with van der Waals surface area (Å²) in [4.78, 5) is 15.0. The largest absolute Gasteiger partial charge is 0.338 e. The van der Waals surface area contributed by atoms with E-state index in [-0.39, 0.29) is 5.91 Å². The van der Waals surface area contributed by atoms with E-state index in [1.54, 1.807) is 0 Å². The molecule has 2 heterocycles. The third-order valence-corrected chi connectivity index (χ3v) is 5.21. The zero-order valence-electron chi connectivity index (χ0n) is 14.2. The summed E-state index contributed by atoms with van der Waals surface area (Å²) in [7, 11) is 0. The first kappa shape index (κ1) is 16.1. The minimum absolute atomic E-state index is 0.222. The van der Waals surface area contributed by atoms with Crippen LogP contribution >= 0.6 is 0 Å². The predicted molar refractivity (Wildman–Crippen MR) is 94.2 cm³/mol. The lowest BCUT2D eigenvalue weighted by Crippen LogP contribution is -2.49. The topological polar surface area (TPSA) is 51.3 Å². The number of likely N-dealkylation sites (tertiary alicyclic amines) is 1. The number of nitrogens with zero attached hydrogens (tertiary/aromatic N) is 2. The van der Waals surface area contributed by atoms with Crippen molar-refractivity contribution in [2.45, 2.75) is 45.7 Å². The molecule has 4 heteroatoms. The van der Waals surface area contributed by atoms with Crippen molar-refractivity contribution in [2.24, 2.45) is 11.7 Å². The third kappa shape index (κ3) is 3.13. The Bertz CT molecular complexity index is 691. The van der Waals surface area contributed by atoms with Crippen LogP contribution in [0.1, 0.15) is 31.9 Å². The molecule has 1 fully saturated rings. The van der Waals surface area contributed by atoms with Crippen LogP contribution in [0.4, 0.5) is 0 Å². The molecule has 2 unspecified atom stereocenters. The van der Waals surface area contributed by atoms with E-state index in [1.165, 1.54) is 11.8 Å².